The van der Waals surface area contributed by atoms with Crippen molar-refractivity contribution in [3.8, 4) is 0 Å². The molecular formula is C11H22N2O. The van der Waals surface area contributed by atoms with Gasteiger partial charge in [0.05, 0.1) is 6.04 Å². The lowest BCUT2D eigenvalue weighted by Gasteiger charge is -2.29. The van der Waals surface area contributed by atoms with Crippen molar-refractivity contribution in [2.24, 2.45) is 5.92 Å². The molecule has 3 nitrogen and oxygen atoms in total. The molecule has 0 aromatic rings. The Morgan fingerprint density at radius 3 is 3.00 bits per heavy atom. The van der Waals surface area contributed by atoms with E-state index < -0.39 is 0 Å². The molecule has 2 unspecified atom stereocenters. The summed E-state index contributed by atoms with van der Waals surface area (Å²) >= 11 is 0. The van der Waals surface area contributed by atoms with Gasteiger partial charge in [-0.05, 0) is 25.3 Å². The predicted molar refractivity (Wildman–Crippen MR) is 58.1 cm³/mol. The maximum Gasteiger partial charge on any atom is 0.236 e. The van der Waals surface area contributed by atoms with Crippen molar-refractivity contribution in [3.05, 3.63) is 0 Å². The van der Waals surface area contributed by atoms with Gasteiger partial charge in [-0.1, -0.05) is 26.2 Å². The van der Waals surface area contributed by atoms with E-state index in [2.05, 4.69) is 17.6 Å². The van der Waals surface area contributed by atoms with Crippen LogP contribution >= 0.6 is 0 Å². The molecule has 0 radical (unpaired) electrons. The fraction of sp³-hybridized carbons (Fsp3) is 0.909. The summed E-state index contributed by atoms with van der Waals surface area (Å²) < 4.78 is 0. The van der Waals surface area contributed by atoms with Crippen LogP contribution in [0.15, 0.2) is 0 Å². The van der Waals surface area contributed by atoms with Crippen molar-refractivity contribution in [1.29, 1.82) is 0 Å². The molecule has 0 saturated carbocycles. The normalized spacial score (nSPS) is 27.3. The van der Waals surface area contributed by atoms with Crippen LogP contribution in [0.2, 0.25) is 0 Å². The quantitative estimate of drug-likeness (QED) is 0.714. The van der Waals surface area contributed by atoms with E-state index in [1.165, 1.54) is 25.7 Å². The molecule has 1 saturated heterocycles. The second-order valence-corrected chi connectivity index (χ2v) is 4.15. The van der Waals surface area contributed by atoms with Gasteiger partial charge in [0.15, 0.2) is 0 Å². The topological polar surface area (TPSA) is 41.1 Å². The lowest BCUT2D eigenvalue weighted by Crippen LogP contribution is -2.47. The molecule has 0 aromatic carbocycles. The van der Waals surface area contributed by atoms with E-state index in [0.717, 1.165) is 18.9 Å². The minimum absolute atomic E-state index is 0.0515. The van der Waals surface area contributed by atoms with E-state index in [1.54, 1.807) is 7.05 Å². The van der Waals surface area contributed by atoms with Crippen molar-refractivity contribution in [1.82, 2.24) is 10.6 Å². The second kappa shape index (κ2) is 6.02. The van der Waals surface area contributed by atoms with Gasteiger partial charge >= 0.3 is 0 Å². The molecule has 1 rings (SSSR count). The Kier molecular flexibility index (Phi) is 4.94. The largest absolute Gasteiger partial charge is 0.358 e. The summed E-state index contributed by atoms with van der Waals surface area (Å²) in [6, 6.07) is 0.0515. The summed E-state index contributed by atoms with van der Waals surface area (Å²) in [4.78, 5) is 11.4. The lowest BCUT2D eigenvalue weighted by atomic mass is 9.88. The highest BCUT2D eigenvalue weighted by atomic mass is 16.2. The highest BCUT2D eigenvalue weighted by molar-refractivity contribution is 5.81. The van der Waals surface area contributed by atoms with E-state index >= 15 is 0 Å². The Morgan fingerprint density at radius 1 is 1.57 bits per heavy atom. The second-order valence-electron chi connectivity index (χ2n) is 4.15. The van der Waals surface area contributed by atoms with E-state index in [4.69, 9.17) is 0 Å². The maximum atomic E-state index is 11.4. The molecule has 1 fully saturated rings. The van der Waals surface area contributed by atoms with Crippen molar-refractivity contribution < 1.29 is 4.79 Å². The molecule has 2 atom stereocenters. The Hall–Kier alpha value is -0.570. The molecule has 3 heteroatoms. The zero-order valence-corrected chi connectivity index (χ0v) is 9.31. The average molecular weight is 198 g/mol. The number of amides is 1. The van der Waals surface area contributed by atoms with Crippen LogP contribution in [0.1, 0.15) is 39.0 Å². The fourth-order valence-corrected chi connectivity index (χ4v) is 2.13. The summed E-state index contributed by atoms with van der Waals surface area (Å²) in [7, 11) is 1.71. The van der Waals surface area contributed by atoms with Gasteiger partial charge in [0.1, 0.15) is 0 Å². The van der Waals surface area contributed by atoms with Gasteiger partial charge in [0.25, 0.3) is 0 Å². The smallest absolute Gasteiger partial charge is 0.236 e. The Balaban J connectivity index is 2.31. The monoisotopic (exact) mass is 198 g/mol. The molecule has 14 heavy (non-hydrogen) atoms. The molecule has 0 aromatic heterocycles. The van der Waals surface area contributed by atoms with Gasteiger partial charge in [-0.25, -0.2) is 0 Å². The summed E-state index contributed by atoms with van der Waals surface area (Å²) in [5, 5.41) is 5.97. The van der Waals surface area contributed by atoms with E-state index in [-0.39, 0.29) is 11.9 Å². The molecule has 1 amide bonds. The number of nitrogens with one attached hydrogen (secondary N) is 2. The molecule has 0 spiro atoms. The summed E-state index contributed by atoms with van der Waals surface area (Å²) in [6.45, 7) is 3.21. The van der Waals surface area contributed by atoms with Crippen molar-refractivity contribution in [2.75, 3.05) is 13.6 Å². The van der Waals surface area contributed by atoms with Gasteiger partial charge in [-0.2, -0.15) is 0 Å². The molecule has 2 N–H and O–H groups in total. The standard InChI is InChI=1S/C11H22N2O/c1-3-4-5-9-6-7-13-10(8-9)11(14)12-2/h9-10,13H,3-8H2,1-2H3,(H,12,14). The zero-order valence-electron chi connectivity index (χ0n) is 9.31. The fourth-order valence-electron chi connectivity index (χ4n) is 2.13. The number of carbonyl (C=O) groups excluding carboxylic acids is 1. The molecule has 0 aliphatic carbocycles. The average Bonchev–Trinajstić information content (AvgIpc) is 2.25. The highest BCUT2D eigenvalue weighted by Gasteiger charge is 2.25. The minimum atomic E-state index is 0.0515. The van der Waals surface area contributed by atoms with Crippen LogP contribution < -0.4 is 10.6 Å². The van der Waals surface area contributed by atoms with Crippen LogP contribution in [0.4, 0.5) is 0 Å². The van der Waals surface area contributed by atoms with Crippen LogP contribution in [0.3, 0.4) is 0 Å². The number of hydrogen-bond acceptors (Lipinski definition) is 2. The van der Waals surface area contributed by atoms with Gasteiger partial charge < -0.3 is 10.6 Å². The summed E-state index contributed by atoms with van der Waals surface area (Å²) in [5.74, 6) is 0.893. The molecule has 1 heterocycles. The van der Waals surface area contributed by atoms with Gasteiger partial charge in [-0.3, -0.25) is 4.79 Å². The third-order valence-electron chi connectivity index (χ3n) is 3.04. The van der Waals surface area contributed by atoms with Gasteiger partial charge in [0, 0.05) is 7.05 Å². The van der Waals surface area contributed by atoms with Crippen molar-refractivity contribution in [2.45, 2.75) is 45.1 Å². The van der Waals surface area contributed by atoms with Crippen LogP contribution in [0.5, 0.6) is 0 Å². The predicted octanol–water partition coefficient (Wildman–Crippen LogP) is 1.29. The Morgan fingerprint density at radius 2 is 2.36 bits per heavy atom. The first-order valence-electron chi connectivity index (χ1n) is 5.73. The lowest BCUT2D eigenvalue weighted by molar-refractivity contribution is -0.123. The third-order valence-corrected chi connectivity index (χ3v) is 3.04. The van der Waals surface area contributed by atoms with Crippen LogP contribution in [0.25, 0.3) is 0 Å². The molecule has 1 aliphatic heterocycles. The minimum Gasteiger partial charge on any atom is -0.358 e. The molecule has 82 valence electrons. The summed E-state index contributed by atoms with van der Waals surface area (Å²) in [5.41, 5.74) is 0. The van der Waals surface area contributed by atoms with Crippen LogP contribution in [0, 0.1) is 5.92 Å². The highest BCUT2D eigenvalue weighted by Crippen LogP contribution is 2.21. The molecule has 1 aliphatic rings. The van der Waals surface area contributed by atoms with E-state index in [1.807, 2.05) is 0 Å². The van der Waals surface area contributed by atoms with Crippen LogP contribution in [-0.4, -0.2) is 25.5 Å². The van der Waals surface area contributed by atoms with Crippen molar-refractivity contribution >= 4 is 5.91 Å². The first-order chi connectivity index (χ1) is 6.77. The Bertz CT molecular complexity index is 182. The van der Waals surface area contributed by atoms with Crippen molar-refractivity contribution in [3.63, 3.8) is 0 Å². The zero-order chi connectivity index (χ0) is 10.4. The van der Waals surface area contributed by atoms with E-state index in [0.29, 0.717) is 0 Å². The van der Waals surface area contributed by atoms with Crippen LogP contribution in [-0.2, 0) is 4.79 Å². The number of hydrogen-bond donors (Lipinski definition) is 2. The number of likely N-dealkylation sites (N-methyl/N-ethyl adjacent to an activating group) is 1. The van der Waals surface area contributed by atoms with E-state index in [9.17, 15) is 4.79 Å². The molecule has 0 bridgehead atoms. The van der Waals surface area contributed by atoms with Gasteiger partial charge in [0.2, 0.25) is 5.91 Å². The Labute approximate surface area is 86.6 Å². The number of piperidine rings is 1. The number of carbonyl (C=O) groups is 1. The maximum absolute atomic E-state index is 11.4. The number of unbranched alkanes of at least 4 members (excludes halogenated alkanes) is 1. The first kappa shape index (κ1) is 11.5. The number of rotatable bonds is 4. The van der Waals surface area contributed by atoms with Gasteiger partial charge in [-0.15, -0.1) is 0 Å². The third kappa shape index (κ3) is 3.29. The first-order valence-corrected chi connectivity index (χ1v) is 5.73. The SMILES string of the molecule is CCCCC1CCNC(C(=O)NC)C1. The summed E-state index contributed by atoms with van der Waals surface area (Å²) in [6.07, 6.45) is 6.08. The molecular weight excluding hydrogens is 176 g/mol.